The summed E-state index contributed by atoms with van der Waals surface area (Å²) < 4.78 is 15.2. The maximum absolute atomic E-state index is 13.5. The summed E-state index contributed by atoms with van der Waals surface area (Å²) in [5, 5.41) is 7.88. The zero-order valence-corrected chi connectivity index (χ0v) is 10.9. The molecule has 0 aliphatic carbocycles. The summed E-state index contributed by atoms with van der Waals surface area (Å²) in [6.07, 6.45) is 2.74. The van der Waals surface area contributed by atoms with Crippen LogP contribution in [0.4, 0.5) is 4.39 Å². The van der Waals surface area contributed by atoms with Gasteiger partial charge in [-0.2, -0.15) is 5.10 Å². The Balaban J connectivity index is 1.78. The molecule has 5 heteroatoms. The van der Waals surface area contributed by atoms with Crippen molar-refractivity contribution in [2.24, 2.45) is 7.05 Å². The summed E-state index contributed by atoms with van der Waals surface area (Å²) in [6.45, 7) is 1.26. The van der Waals surface area contributed by atoms with Crippen LogP contribution in [0, 0.1) is 5.82 Å². The van der Waals surface area contributed by atoms with Gasteiger partial charge < -0.3 is 5.32 Å². The van der Waals surface area contributed by atoms with Gasteiger partial charge in [0.25, 0.3) is 0 Å². The van der Waals surface area contributed by atoms with Crippen molar-refractivity contribution in [2.45, 2.75) is 13.0 Å². The minimum atomic E-state index is -0.271. The maximum Gasteiger partial charge on any atom is 0.129 e. The van der Waals surface area contributed by atoms with Gasteiger partial charge in [0.15, 0.2) is 0 Å². The average Bonchev–Trinajstić information content (AvgIpc) is 2.73. The van der Waals surface area contributed by atoms with Gasteiger partial charge in [-0.15, -0.1) is 0 Å². The SMILES string of the molecule is Cn1ccc(CCNCc2ccc(Cl)cc2F)n1. The molecule has 1 heterocycles. The first kappa shape index (κ1) is 13.1. The van der Waals surface area contributed by atoms with E-state index in [2.05, 4.69) is 10.4 Å². The lowest BCUT2D eigenvalue weighted by molar-refractivity contribution is 0.586. The van der Waals surface area contributed by atoms with Crippen LogP contribution in [0.15, 0.2) is 30.5 Å². The lowest BCUT2D eigenvalue weighted by Gasteiger charge is -2.05. The summed E-state index contributed by atoms with van der Waals surface area (Å²) in [5.41, 5.74) is 1.65. The molecule has 0 fully saturated rings. The first-order valence-corrected chi connectivity index (χ1v) is 6.16. The van der Waals surface area contributed by atoms with E-state index in [-0.39, 0.29) is 5.82 Å². The number of hydrogen-bond acceptors (Lipinski definition) is 2. The smallest absolute Gasteiger partial charge is 0.129 e. The highest BCUT2D eigenvalue weighted by atomic mass is 35.5. The summed E-state index contributed by atoms with van der Waals surface area (Å²) in [5.74, 6) is -0.271. The Kier molecular flexibility index (Phi) is 4.33. The lowest BCUT2D eigenvalue weighted by atomic mass is 10.2. The Morgan fingerprint density at radius 2 is 2.22 bits per heavy atom. The molecule has 1 aromatic carbocycles. The quantitative estimate of drug-likeness (QED) is 0.844. The molecule has 0 spiro atoms. The van der Waals surface area contributed by atoms with Gasteiger partial charge in [0.1, 0.15) is 5.82 Å². The fourth-order valence-corrected chi connectivity index (χ4v) is 1.86. The van der Waals surface area contributed by atoms with Gasteiger partial charge >= 0.3 is 0 Å². The van der Waals surface area contributed by atoms with E-state index < -0.39 is 0 Å². The number of rotatable bonds is 5. The fraction of sp³-hybridized carbons (Fsp3) is 0.308. The van der Waals surface area contributed by atoms with Crippen molar-refractivity contribution in [1.29, 1.82) is 0 Å². The van der Waals surface area contributed by atoms with Gasteiger partial charge in [0.2, 0.25) is 0 Å². The minimum absolute atomic E-state index is 0.271. The predicted octanol–water partition coefficient (Wildman–Crippen LogP) is 2.54. The van der Waals surface area contributed by atoms with E-state index in [4.69, 9.17) is 11.6 Å². The van der Waals surface area contributed by atoms with Crippen molar-refractivity contribution >= 4 is 11.6 Å². The molecule has 96 valence electrons. The largest absolute Gasteiger partial charge is 0.312 e. The highest BCUT2D eigenvalue weighted by molar-refractivity contribution is 6.30. The van der Waals surface area contributed by atoms with E-state index in [9.17, 15) is 4.39 Å². The fourth-order valence-electron chi connectivity index (χ4n) is 1.70. The predicted molar refractivity (Wildman–Crippen MR) is 70.0 cm³/mol. The number of halogens is 2. The van der Waals surface area contributed by atoms with Crippen molar-refractivity contribution in [3.05, 3.63) is 52.6 Å². The Morgan fingerprint density at radius 3 is 2.89 bits per heavy atom. The van der Waals surface area contributed by atoms with E-state index >= 15 is 0 Å². The molecule has 2 rings (SSSR count). The number of nitrogens with one attached hydrogen (secondary N) is 1. The second-order valence-corrected chi connectivity index (χ2v) is 4.58. The highest BCUT2D eigenvalue weighted by Gasteiger charge is 2.02. The number of hydrogen-bond donors (Lipinski definition) is 1. The van der Waals surface area contributed by atoms with Gasteiger partial charge in [-0.3, -0.25) is 4.68 Å². The maximum atomic E-state index is 13.5. The van der Waals surface area contributed by atoms with E-state index in [0.717, 1.165) is 18.7 Å². The van der Waals surface area contributed by atoms with Crippen molar-refractivity contribution in [3.63, 3.8) is 0 Å². The molecule has 1 N–H and O–H groups in total. The number of aryl methyl sites for hydroxylation is 1. The van der Waals surface area contributed by atoms with Crippen LogP contribution in [0.1, 0.15) is 11.3 Å². The monoisotopic (exact) mass is 267 g/mol. The molecule has 0 unspecified atom stereocenters. The average molecular weight is 268 g/mol. The molecule has 0 aliphatic rings. The standard InChI is InChI=1S/C13H15ClFN3/c1-18-7-5-12(17-18)4-6-16-9-10-2-3-11(14)8-13(10)15/h2-3,5,7-8,16H,4,6,9H2,1H3. The van der Waals surface area contributed by atoms with Crippen molar-refractivity contribution in [1.82, 2.24) is 15.1 Å². The summed E-state index contributed by atoms with van der Waals surface area (Å²) in [4.78, 5) is 0. The van der Waals surface area contributed by atoms with Crippen LogP contribution in [-0.2, 0) is 20.0 Å². The molecule has 1 aromatic heterocycles. The van der Waals surface area contributed by atoms with Crippen molar-refractivity contribution in [2.75, 3.05) is 6.54 Å². The van der Waals surface area contributed by atoms with Crippen LogP contribution < -0.4 is 5.32 Å². The Bertz CT molecular complexity index is 525. The molecule has 0 amide bonds. The zero-order chi connectivity index (χ0) is 13.0. The van der Waals surface area contributed by atoms with Gasteiger partial charge in [0.05, 0.1) is 5.69 Å². The normalized spacial score (nSPS) is 10.8. The molecular weight excluding hydrogens is 253 g/mol. The molecule has 0 saturated carbocycles. The van der Waals surface area contributed by atoms with Crippen molar-refractivity contribution < 1.29 is 4.39 Å². The third kappa shape index (κ3) is 3.55. The number of aromatic nitrogens is 2. The van der Waals surface area contributed by atoms with Crippen LogP contribution in [0.25, 0.3) is 0 Å². The van der Waals surface area contributed by atoms with Crippen LogP contribution >= 0.6 is 11.6 Å². The second-order valence-electron chi connectivity index (χ2n) is 4.14. The summed E-state index contributed by atoms with van der Waals surface area (Å²) in [7, 11) is 1.89. The Hall–Kier alpha value is -1.39. The highest BCUT2D eigenvalue weighted by Crippen LogP contribution is 2.14. The van der Waals surface area contributed by atoms with Crippen LogP contribution in [0.5, 0.6) is 0 Å². The molecular formula is C13H15ClFN3. The molecule has 0 saturated heterocycles. The van der Waals surface area contributed by atoms with E-state index in [1.807, 2.05) is 19.3 Å². The third-order valence-electron chi connectivity index (χ3n) is 2.66. The molecule has 3 nitrogen and oxygen atoms in total. The zero-order valence-electron chi connectivity index (χ0n) is 10.2. The molecule has 0 aliphatic heterocycles. The van der Waals surface area contributed by atoms with Crippen LogP contribution in [0.2, 0.25) is 5.02 Å². The van der Waals surface area contributed by atoms with Crippen LogP contribution in [-0.4, -0.2) is 16.3 Å². The minimum Gasteiger partial charge on any atom is -0.312 e. The Labute approximate surface area is 111 Å². The lowest BCUT2D eigenvalue weighted by Crippen LogP contribution is -2.17. The van der Waals surface area contributed by atoms with E-state index in [1.54, 1.807) is 16.8 Å². The number of benzene rings is 1. The summed E-state index contributed by atoms with van der Waals surface area (Å²) in [6, 6.07) is 6.70. The van der Waals surface area contributed by atoms with Gasteiger partial charge in [0, 0.05) is 43.3 Å². The second kappa shape index (κ2) is 5.98. The molecule has 18 heavy (non-hydrogen) atoms. The first-order valence-electron chi connectivity index (χ1n) is 5.78. The Morgan fingerprint density at radius 1 is 1.39 bits per heavy atom. The molecule has 0 radical (unpaired) electrons. The van der Waals surface area contributed by atoms with Gasteiger partial charge in [-0.1, -0.05) is 17.7 Å². The van der Waals surface area contributed by atoms with E-state index in [1.165, 1.54) is 6.07 Å². The topological polar surface area (TPSA) is 29.9 Å². The first-order chi connectivity index (χ1) is 8.65. The molecule has 2 aromatic rings. The third-order valence-corrected chi connectivity index (χ3v) is 2.89. The molecule has 0 atom stereocenters. The number of nitrogens with zero attached hydrogens (tertiary/aromatic N) is 2. The van der Waals surface area contributed by atoms with Crippen molar-refractivity contribution in [3.8, 4) is 0 Å². The van der Waals surface area contributed by atoms with Crippen LogP contribution in [0.3, 0.4) is 0 Å². The van der Waals surface area contributed by atoms with E-state index in [0.29, 0.717) is 17.1 Å². The summed E-state index contributed by atoms with van der Waals surface area (Å²) >= 11 is 5.69. The molecule has 0 bridgehead atoms. The van der Waals surface area contributed by atoms with Gasteiger partial charge in [-0.25, -0.2) is 4.39 Å². The van der Waals surface area contributed by atoms with Gasteiger partial charge in [-0.05, 0) is 18.2 Å².